The number of rotatable bonds is 12. The summed E-state index contributed by atoms with van der Waals surface area (Å²) >= 11 is 6.21. The first-order valence-corrected chi connectivity index (χ1v) is 18.7. The molecule has 1 unspecified atom stereocenters. The van der Waals surface area contributed by atoms with Crippen LogP contribution < -0.4 is 10.0 Å². The molecule has 3 N–H and O–H groups in total. The van der Waals surface area contributed by atoms with Gasteiger partial charge >= 0.3 is 0 Å². The van der Waals surface area contributed by atoms with Crippen LogP contribution >= 0.6 is 11.6 Å². The molecule has 3 aromatic carbocycles. The van der Waals surface area contributed by atoms with Crippen LogP contribution in [0.5, 0.6) is 0 Å². The van der Waals surface area contributed by atoms with E-state index in [1.807, 2.05) is 36.4 Å². The number of nitrogens with zero attached hydrogens (tertiary/aromatic N) is 3. The number of imidazole rings is 1. The van der Waals surface area contributed by atoms with Gasteiger partial charge in [-0.3, -0.25) is 4.79 Å². The summed E-state index contributed by atoms with van der Waals surface area (Å²) in [6.07, 6.45) is 3.58. The lowest BCUT2D eigenvalue weighted by atomic mass is 9.86. The number of hydrogen-bond donors (Lipinski definition) is 3. The molecule has 1 aliphatic heterocycles. The first-order valence-electron chi connectivity index (χ1n) is 16.9. The Morgan fingerprint density at radius 2 is 1.78 bits per heavy atom. The van der Waals surface area contributed by atoms with E-state index >= 15 is 0 Å². The van der Waals surface area contributed by atoms with Gasteiger partial charge in [-0.05, 0) is 89.6 Å². The Hall–Kier alpha value is -3.35. The van der Waals surface area contributed by atoms with Crippen LogP contribution in [0.25, 0.3) is 11.0 Å². The molecule has 1 fully saturated rings. The van der Waals surface area contributed by atoms with E-state index in [1.54, 1.807) is 20.8 Å². The lowest BCUT2D eigenvalue weighted by Crippen LogP contribution is -2.45. The van der Waals surface area contributed by atoms with E-state index in [0.29, 0.717) is 25.0 Å². The Morgan fingerprint density at radius 3 is 2.47 bits per heavy atom. The molecular weight excluding hydrogens is 665 g/mol. The lowest BCUT2D eigenvalue weighted by molar-refractivity contribution is -0.00132. The minimum Gasteiger partial charge on any atom is -0.385 e. The fraction of sp³-hybridized carbons (Fsp3) is 0.459. The van der Waals surface area contributed by atoms with Gasteiger partial charge in [-0.2, -0.15) is 0 Å². The predicted octanol–water partition coefficient (Wildman–Crippen LogP) is 6.73. The maximum absolute atomic E-state index is 14.7. The van der Waals surface area contributed by atoms with Crippen LogP contribution in [0.4, 0.5) is 4.39 Å². The minimum absolute atomic E-state index is 0.0759. The largest absolute Gasteiger partial charge is 0.385 e. The smallest absolute Gasteiger partial charge is 0.252 e. The van der Waals surface area contributed by atoms with Crippen molar-refractivity contribution < 1.29 is 22.7 Å². The number of nitrogens with one attached hydrogen (secondary N) is 2. The van der Waals surface area contributed by atoms with Crippen molar-refractivity contribution in [3.8, 4) is 0 Å². The summed E-state index contributed by atoms with van der Waals surface area (Å²) in [6.45, 7) is 10.8. The number of hydrogen-bond acceptors (Lipinski definition) is 6. The number of amides is 1. The number of fused-ring (bicyclic) bond motifs is 1. The number of aliphatic hydroxyl groups is 1. The summed E-state index contributed by atoms with van der Waals surface area (Å²) in [5, 5.41) is 14.7. The number of likely N-dealkylation sites (tertiary alicyclic amines) is 1. The number of para-hydroxylation sites is 2. The van der Waals surface area contributed by atoms with Gasteiger partial charge in [0.2, 0.25) is 10.0 Å². The molecule has 5 rings (SSSR count). The van der Waals surface area contributed by atoms with Gasteiger partial charge in [-0.1, -0.05) is 61.0 Å². The van der Waals surface area contributed by atoms with Crippen molar-refractivity contribution in [3.05, 3.63) is 94.5 Å². The number of piperidine rings is 1. The molecule has 1 aliphatic rings. The van der Waals surface area contributed by atoms with Crippen LogP contribution in [0, 0.1) is 12.7 Å². The van der Waals surface area contributed by atoms with Gasteiger partial charge in [0.25, 0.3) is 5.91 Å². The average molecular weight is 712 g/mol. The van der Waals surface area contributed by atoms with Crippen molar-refractivity contribution in [2.75, 3.05) is 19.6 Å². The van der Waals surface area contributed by atoms with Gasteiger partial charge in [0, 0.05) is 37.3 Å². The van der Waals surface area contributed by atoms with Crippen LogP contribution in [0.2, 0.25) is 5.02 Å². The number of benzene rings is 3. The summed E-state index contributed by atoms with van der Waals surface area (Å²) in [7, 11) is -4.27. The molecule has 49 heavy (non-hydrogen) atoms. The topological polar surface area (TPSA) is 117 Å². The summed E-state index contributed by atoms with van der Waals surface area (Å²) in [5.74, 6) is -0.695. The zero-order valence-electron chi connectivity index (χ0n) is 28.8. The molecule has 1 amide bonds. The molecule has 9 nitrogen and oxygen atoms in total. The highest BCUT2D eigenvalue weighted by Crippen LogP contribution is 2.35. The zero-order chi connectivity index (χ0) is 35.6. The minimum atomic E-state index is -4.27. The van der Waals surface area contributed by atoms with Crippen LogP contribution in [0.15, 0.2) is 71.6 Å². The molecule has 2 heterocycles. The van der Waals surface area contributed by atoms with Gasteiger partial charge in [0.1, 0.15) is 16.5 Å². The van der Waals surface area contributed by atoms with E-state index in [1.165, 1.54) is 0 Å². The highest BCUT2D eigenvalue weighted by molar-refractivity contribution is 7.89. The average Bonchev–Trinajstić information content (AvgIpc) is 3.38. The molecule has 4 aromatic rings. The van der Waals surface area contributed by atoms with Crippen molar-refractivity contribution >= 4 is 38.6 Å². The number of halogens is 2. The van der Waals surface area contributed by atoms with Crippen molar-refractivity contribution in [2.24, 2.45) is 0 Å². The number of carbonyl (C=O) groups excluding carboxylic acids is 1. The SMILES string of the molecule is CC[C@@H]1C[C@H](n2c(C)nc3ccccc32)CCN1CCC(O)(CCNC(=O)c1cc(S(=O)(=O)NC(C)(C)C)c(F)cc1Cl)c1ccccc1. The molecule has 0 bridgehead atoms. The van der Waals surface area contributed by atoms with E-state index < -0.39 is 37.8 Å². The predicted molar refractivity (Wildman–Crippen MR) is 192 cm³/mol. The van der Waals surface area contributed by atoms with Crippen LogP contribution in [0.1, 0.15) is 87.6 Å². The zero-order valence-corrected chi connectivity index (χ0v) is 30.4. The van der Waals surface area contributed by atoms with Gasteiger partial charge in [-0.15, -0.1) is 0 Å². The Bertz CT molecular complexity index is 1900. The van der Waals surface area contributed by atoms with Gasteiger partial charge in [0.15, 0.2) is 0 Å². The summed E-state index contributed by atoms with van der Waals surface area (Å²) in [4.78, 5) is 19.8. The Kier molecular flexibility index (Phi) is 11.2. The van der Waals surface area contributed by atoms with E-state index in [4.69, 9.17) is 16.6 Å². The maximum atomic E-state index is 14.7. The molecular formula is C37H47ClFN5O4S. The molecule has 0 saturated carbocycles. The number of aromatic nitrogens is 2. The Labute approximate surface area is 293 Å². The molecule has 12 heteroatoms. The second kappa shape index (κ2) is 14.9. The third-order valence-corrected chi connectivity index (χ3v) is 11.4. The molecule has 1 aromatic heterocycles. The first kappa shape index (κ1) is 36.9. The highest BCUT2D eigenvalue weighted by Gasteiger charge is 2.34. The van der Waals surface area contributed by atoms with Gasteiger partial charge in [0.05, 0.1) is 27.2 Å². The van der Waals surface area contributed by atoms with Crippen molar-refractivity contribution in [1.29, 1.82) is 0 Å². The molecule has 0 aliphatic carbocycles. The molecule has 1 saturated heterocycles. The van der Waals surface area contributed by atoms with Crippen LogP contribution in [0.3, 0.4) is 0 Å². The quantitative estimate of drug-likeness (QED) is 0.150. The van der Waals surface area contributed by atoms with Crippen molar-refractivity contribution in [2.45, 2.75) is 94.8 Å². The van der Waals surface area contributed by atoms with Gasteiger partial charge in [-0.25, -0.2) is 22.5 Å². The van der Waals surface area contributed by atoms with E-state index in [-0.39, 0.29) is 23.6 Å². The Balaban J connectivity index is 1.27. The summed E-state index contributed by atoms with van der Waals surface area (Å²) < 4.78 is 45.3. The van der Waals surface area contributed by atoms with E-state index in [2.05, 4.69) is 51.6 Å². The summed E-state index contributed by atoms with van der Waals surface area (Å²) in [6, 6.07) is 20.1. The number of carbonyl (C=O) groups is 1. The summed E-state index contributed by atoms with van der Waals surface area (Å²) in [5.41, 5.74) is 0.633. The molecule has 0 radical (unpaired) electrons. The maximum Gasteiger partial charge on any atom is 0.252 e. The number of sulfonamides is 1. The third kappa shape index (κ3) is 8.52. The standard InChI is InChI=1S/C37H47ClFN5O4S/c1-6-27-22-28(44-25(2)41-32-14-10-11-15-33(32)44)16-20-43(27)21-18-37(46,26-12-8-7-9-13-26)17-19-40-35(45)29-23-34(31(39)24-30(29)38)49(47,48)42-36(3,4)5/h7-15,23-24,27-28,42,46H,6,16-22H2,1-5H3,(H,40,45)/t27-,28-,37?/m1/s1. The first-order chi connectivity index (χ1) is 23.1. The molecule has 264 valence electrons. The van der Waals surface area contributed by atoms with Crippen molar-refractivity contribution in [3.63, 3.8) is 0 Å². The molecule has 3 atom stereocenters. The second-order valence-electron chi connectivity index (χ2n) is 14.1. The van der Waals surface area contributed by atoms with Gasteiger partial charge < -0.3 is 19.9 Å². The molecule has 0 spiro atoms. The fourth-order valence-corrected chi connectivity index (χ4v) is 8.73. The van der Waals surface area contributed by atoms with E-state index in [0.717, 1.165) is 60.4 Å². The fourth-order valence-electron chi connectivity index (χ4n) is 6.99. The third-order valence-electron chi connectivity index (χ3n) is 9.36. The monoisotopic (exact) mass is 711 g/mol. The van der Waals surface area contributed by atoms with Crippen molar-refractivity contribution in [1.82, 2.24) is 24.5 Å². The highest BCUT2D eigenvalue weighted by atomic mass is 35.5. The van der Waals surface area contributed by atoms with E-state index in [9.17, 15) is 22.7 Å². The lowest BCUT2D eigenvalue weighted by Gasteiger charge is -2.41. The van der Waals surface area contributed by atoms with Crippen LogP contribution in [-0.2, 0) is 15.6 Å². The normalized spacial score (nSPS) is 18.8. The second-order valence-corrected chi connectivity index (χ2v) is 16.1. The number of aryl methyl sites for hydroxylation is 1. The van der Waals surface area contributed by atoms with Crippen LogP contribution in [-0.4, -0.2) is 65.1 Å². The Morgan fingerprint density at radius 1 is 1.08 bits per heavy atom.